The summed E-state index contributed by atoms with van der Waals surface area (Å²) in [5.41, 5.74) is 3.03. The highest BCUT2D eigenvalue weighted by molar-refractivity contribution is 7.99. The van der Waals surface area contributed by atoms with E-state index in [-0.39, 0.29) is 5.56 Å². The average molecular weight is 415 g/mol. The van der Waals surface area contributed by atoms with Gasteiger partial charge in [0.2, 0.25) is 0 Å². The molecule has 1 unspecified atom stereocenters. The van der Waals surface area contributed by atoms with Crippen LogP contribution in [0.5, 0.6) is 5.75 Å². The van der Waals surface area contributed by atoms with E-state index in [0.717, 1.165) is 52.5 Å². The van der Waals surface area contributed by atoms with Crippen molar-refractivity contribution in [3.63, 3.8) is 0 Å². The molecule has 1 aromatic carbocycles. The second-order valence-corrected chi connectivity index (χ2v) is 9.33. The largest absolute Gasteiger partial charge is 0.497 e. The normalized spacial score (nSPS) is 16.2. The maximum atomic E-state index is 13.7. The summed E-state index contributed by atoms with van der Waals surface area (Å²) in [7, 11) is 3.83. The van der Waals surface area contributed by atoms with Gasteiger partial charge in [-0.1, -0.05) is 30.0 Å². The Morgan fingerprint density at radius 1 is 1.46 bits per heavy atom. The zero-order chi connectivity index (χ0) is 19.8. The van der Waals surface area contributed by atoms with Crippen molar-refractivity contribution >= 4 is 33.3 Å². The number of ether oxygens (including phenoxy) is 1. The second-order valence-electron chi connectivity index (χ2n) is 7.30. The van der Waals surface area contributed by atoms with Crippen LogP contribution in [-0.4, -0.2) is 36.0 Å². The molecule has 0 bridgehead atoms. The molecule has 28 heavy (non-hydrogen) atoms. The monoisotopic (exact) mass is 414 g/mol. The topological polar surface area (TPSA) is 48.6 Å². The maximum Gasteiger partial charge on any atom is 0.267 e. The minimum absolute atomic E-state index is 0.0134. The molecule has 0 fully saturated rings. The summed E-state index contributed by atoms with van der Waals surface area (Å²) in [6.07, 6.45) is 0.925. The van der Waals surface area contributed by atoms with Gasteiger partial charge in [-0.25, -0.2) is 4.98 Å². The molecule has 5 nitrogen and oxygen atoms in total. The van der Waals surface area contributed by atoms with E-state index in [1.807, 2.05) is 31.2 Å². The lowest BCUT2D eigenvalue weighted by Crippen LogP contribution is -3.08. The van der Waals surface area contributed by atoms with Crippen LogP contribution in [0.15, 0.2) is 46.4 Å². The molecule has 3 heterocycles. The molecule has 1 aliphatic rings. The number of nitrogens with zero attached hydrogens (tertiary/aromatic N) is 2. The fraction of sp³-hybridized carbons (Fsp3) is 0.333. The molecule has 7 heteroatoms. The van der Waals surface area contributed by atoms with Crippen molar-refractivity contribution < 1.29 is 9.64 Å². The van der Waals surface area contributed by atoms with Crippen LogP contribution in [0.1, 0.15) is 17.4 Å². The van der Waals surface area contributed by atoms with Crippen molar-refractivity contribution in [3.05, 3.63) is 57.2 Å². The van der Waals surface area contributed by atoms with Crippen LogP contribution in [0.3, 0.4) is 0 Å². The van der Waals surface area contributed by atoms with Gasteiger partial charge in [-0.15, -0.1) is 11.3 Å². The van der Waals surface area contributed by atoms with Gasteiger partial charge >= 0.3 is 0 Å². The molecule has 0 radical (unpaired) electrons. The summed E-state index contributed by atoms with van der Waals surface area (Å²) < 4.78 is 7.10. The van der Waals surface area contributed by atoms with E-state index in [0.29, 0.717) is 5.16 Å². The highest BCUT2D eigenvalue weighted by Crippen LogP contribution is 2.32. The molecule has 0 saturated heterocycles. The molecular formula is C21H24N3O2S2+. The fourth-order valence-corrected chi connectivity index (χ4v) is 5.73. The molecule has 1 N–H and O–H groups in total. The first-order valence-electron chi connectivity index (χ1n) is 9.28. The van der Waals surface area contributed by atoms with Crippen molar-refractivity contribution in [3.8, 4) is 11.4 Å². The average Bonchev–Trinajstić information content (AvgIpc) is 3.03. The Labute approximate surface area is 172 Å². The van der Waals surface area contributed by atoms with Crippen molar-refractivity contribution in [2.75, 3.05) is 26.5 Å². The van der Waals surface area contributed by atoms with Crippen LogP contribution in [0.2, 0.25) is 0 Å². The summed E-state index contributed by atoms with van der Waals surface area (Å²) in [6.45, 7) is 7.98. The predicted octanol–water partition coefficient (Wildman–Crippen LogP) is 2.69. The lowest BCUT2D eigenvalue weighted by molar-refractivity contribution is -0.895. The molecule has 0 amide bonds. The highest BCUT2D eigenvalue weighted by atomic mass is 32.2. The fourth-order valence-electron chi connectivity index (χ4n) is 3.50. The van der Waals surface area contributed by atoms with E-state index in [9.17, 15) is 4.79 Å². The number of hydrogen-bond acceptors (Lipinski definition) is 5. The highest BCUT2D eigenvalue weighted by Gasteiger charge is 2.26. The standard InChI is InChI=1S/C21H23N3O2S2/c1-13(2)12-27-21-22-19-18(16-8-9-23(3)11-17(16)28-19)20(25)24(21)14-6-5-7-15(10-14)26-4/h5-7,10H,1,8-9,11-12H2,2-4H3/p+1. The molecule has 0 spiro atoms. The van der Waals surface area contributed by atoms with E-state index in [4.69, 9.17) is 9.72 Å². The number of quaternary nitrogens is 1. The van der Waals surface area contributed by atoms with E-state index in [1.54, 1.807) is 34.8 Å². The van der Waals surface area contributed by atoms with Gasteiger partial charge in [0.15, 0.2) is 5.16 Å². The Kier molecular flexibility index (Phi) is 5.31. The number of likely N-dealkylation sites (N-methyl/N-ethyl adjacent to an activating group) is 1. The number of benzene rings is 1. The zero-order valence-corrected chi connectivity index (χ0v) is 18.0. The van der Waals surface area contributed by atoms with Crippen molar-refractivity contribution in [1.82, 2.24) is 9.55 Å². The Morgan fingerprint density at radius 3 is 3.04 bits per heavy atom. The first-order chi connectivity index (χ1) is 13.5. The van der Waals surface area contributed by atoms with Gasteiger partial charge in [0.25, 0.3) is 5.56 Å². The number of nitrogens with one attached hydrogen (secondary N) is 1. The van der Waals surface area contributed by atoms with Crippen LogP contribution in [-0.2, 0) is 13.0 Å². The lowest BCUT2D eigenvalue weighted by Gasteiger charge is -2.19. The molecule has 3 aromatic rings. The van der Waals surface area contributed by atoms with Crippen molar-refractivity contribution in [1.29, 1.82) is 0 Å². The molecular weight excluding hydrogens is 390 g/mol. The zero-order valence-electron chi connectivity index (χ0n) is 16.4. The van der Waals surface area contributed by atoms with Gasteiger partial charge < -0.3 is 9.64 Å². The second kappa shape index (κ2) is 7.73. The summed E-state index contributed by atoms with van der Waals surface area (Å²) in [5, 5.41) is 1.49. The predicted molar refractivity (Wildman–Crippen MR) is 116 cm³/mol. The quantitative estimate of drug-likeness (QED) is 0.396. The SMILES string of the molecule is C=C(C)CSc1nc2sc3c(c2c(=O)n1-c1cccc(OC)c1)CC[NH+](C)C3. The lowest BCUT2D eigenvalue weighted by atomic mass is 10.1. The molecule has 0 saturated carbocycles. The van der Waals surface area contributed by atoms with E-state index in [1.165, 1.54) is 15.3 Å². The van der Waals surface area contributed by atoms with Crippen molar-refractivity contribution in [2.24, 2.45) is 0 Å². The van der Waals surface area contributed by atoms with Crippen LogP contribution in [0.4, 0.5) is 0 Å². The van der Waals surface area contributed by atoms with Crippen LogP contribution < -0.4 is 15.2 Å². The van der Waals surface area contributed by atoms with Gasteiger partial charge in [-0.3, -0.25) is 9.36 Å². The van der Waals surface area contributed by atoms with E-state index >= 15 is 0 Å². The Morgan fingerprint density at radius 2 is 2.29 bits per heavy atom. The Balaban J connectivity index is 1.96. The summed E-state index contributed by atoms with van der Waals surface area (Å²) >= 11 is 3.22. The summed E-state index contributed by atoms with van der Waals surface area (Å²) in [6, 6.07) is 7.60. The van der Waals surface area contributed by atoms with Gasteiger partial charge in [-0.2, -0.15) is 0 Å². The van der Waals surface area contributed by atoms with E-state index in [2.05, 4.69) is 13.6 Å². The number of hydrogen-bond donors (Lipinski definition) is 1. The maximum absolute atomic E-state index is 13.7. The molecule has 1 aliphatic heterocycles. The number of aromatic nitrogens is 2. The van der Waals surface area contributed by atoms with Crippen LogP contribution in [0, 0.1) is 0 Å². The molecule has 4 rings (SSSR count). The smallest absolute Gasteiger partial charge is 0.267 e. The van der Waals surface area contributed by atoms with Crippen LogP contribution in [0.25, 0.3) is 15.9 Å². The minimum Gasteiger partial charge on any atom is -0.497 e. The number of thiophene rings is 1. The molecule has 2 aromatic heterocycles. The summed E-state index contributed by atoms with van der Waals surface area (Å²) in [4.78, 5) is 22.2. The number of fused-ring (bicyclic) bond motifs is 3. The van der Waals surface area contributed by atoms with E-state index < -0.39 is 0 Å². The Bertz CT molecular complexity index is 1120. The molecule has 146 valence electrons. The van der Waals surface area contributed by atoms with Gasteiger partial charge in [0.1, 0.15) is 17.1 Å². The van der Waals surface area contributed by atoms with Crippen LogP contribution >= 0.6 is 23.1 Å². The molecule has 0 aliphatic carbocycles. The first kappa shape index (κ1) is 19.2. The third-order valence-corrected chi connectivity index (χ3v) is 7.20. The van der Waals surface area contributed by atoms with Crippen molar-refractivity contribution in [2.45, 2.75) is 25.0 Å². The van der Waals surface area contributed by atoms with Gasteiger partial charge in [0, 0.05) is 18.2 Å². The summed E-state index contributed by atoms with van der Waals surface area (Å²) in [5.74, 6) is 1.44. The third kappa shape index (κ3) is 3.50. The Hall–Kier alpha value is -2.09. The van der Waals surface area contributed by atoms with Gasteiger partial charge in [0.05, 0.1) is 36.7 Å². The van der Waals surface area contributed by atoms with Gasteiger partial charge in [-0.05, 0) is 24.6 Å². The number of rotatable bonds is 5. The minimum atomic E-state index is 0.0134. The first-order valence-corrected chi connectivity index (χ1v) is 11.1. The molecule has 1 atom stereocenters. The number of methoxy groups -OCH3 is 1. The third-order valence-electron chi connectivity index (χ3n) is 4.90. The number of thioether (sulfide) groups is 1.